The molecular weight excluding hydrogens is 410 g/mol. The van der Waals surface area contributed by atoms with Gasteiger partial charge >= 0.3 is 0 Å². The number of carbonyl (C=O) groups is 2. The van der Waals surface area contributed by atoms with E-state index in [0.29, 0.717) is 30.9 Å². The van der Waals surface area contributed by atoms with Crippen molar-refractivity contribution in [3.05, 3.63) is 71.2 Å². The number of carbonyl (C=O) groups excluding carboxylic acids is 2. The molecule has 1 aliphatic heterocycles. The molecule has 0 bridgehead atoms. The Hall–Kier alpha value is -2.95. The van der Waals surface area contributed by atoms with Crippen LogP contribution in [0.15, 0.2) is 54.5 Å². The smallest absolute Gasteiger partial charge is 0.277 e. The minimum absolute atomic E-state index is 0.152. The van der Waals surface area contributed by atoms with Gasteiger partial charge in [-0.15, -0.1) is 0 Å². The second-order valence-electron chi connectivity index (χ2n) is 8.80. The second-order valence-corrected chi connectivity index (χ2v) is 8.80. The number of amides is 2. The van der Waals surface area contributed by atoms with Gasteiger partial charge in [0.15, 0.2) is 0 Å². The van der Waals surface area contributed by atoms with Gasteiger partial charge in [0.25, 0.3) is 11.8 Å². The normalized spacial score (nSPS) is 13.8. The van der Waals surface area contributed by atoms with E-state index in [-0.39, 0.29) is 11.8 Å². The van der Waals surface area contributed by atoms with E-state index in [2.05, 4.69) is 16.8 Å². The fourth-order valence-electron chi connectivity index (χ4n) is 4.33. The van der Waals surface area contributed by atoms with E-state index in [1.165, 1.54) is 29.7 Å². The van der Waals surface area contributed by atoms with Crippen LogP contribution in [-0.2, 0) is 16.0 Å². The Bertz CT molecular complexity index is 951. The quantitative estimate of drug-likeness (QED) is 0.305. The summed E-state index contributed by atoms with van der Waals surface area (Å²) >= 11 is 0. The van der Waals surface area contributed by atoms with Crippen molar-refractivity contribution in [2.75, 3.05) is 19.6 Å². The van der Waals surface area contributed by atoms with Gasteiger partial charge in [-0.05, 0) is 49.9 Å². The van der Waals surface area contributed by atoms with Crippen molar-refractivity contribution < 1.29 is 9.59 Å². The van der Waals surface area contributed by atoms with Crippen LogP contribution >= 0.6 is 0 Å². The summed E-state index contributed by atoms with van der Waals surface area (Å²) in [5.74, 6) is -0.310. The summed E-state index contributed by atoms with van der Waals surface area (Å²) in [4.78, 5) is 34.6. The first-order valence-corrected chi connectivity index (χ1v) is 12.4. The number of unbranched alkanes of at least 4 members (excludes halogenated alkanes) is 5. The van der Waals surface area contributed by atoms with Crippen molar-refractivity contribution in [1.82, 2.24) is 14.8 Å². The minimum Gasteiger partial charge on any atom is -0.366 e. The average molecular weight is 448 g/mol. The number of benzene rings is 1. The molecule has 1 aromatic carbocycles. The molecule has 3 rings (SSSR count). The lowest BCUT2D eigenvalue weighted by atomic mass is 10.0. The van der Waals surface area contributed by atoms with Crippen molar-refractivity contribution in [1.29, 1.82) is 0 Å². The van der Waals surface area contributed by atoms with Crippen LogP contribution in [0.3, 0.4) is 0 Å². The first kappa shape index (κ1) is 24.7. The topological polar surface area (TPSA) is 53.5 Å². The third-order valence-corrected chi connectivity index (χ3v) is 6.34. The van der Waals surface area contributed by atoms with Crippen molar-refractivity contribution >= 4 is 17.4 Å². The Morgan fingerprint density at radius 1 is 0.848 bits per heavy atom. The van der Waals surface area contributed by atoms with Crippen LogP contribution in [0.4, 0.5) is 0 Å². The third kappa shape index (κ3) is 6.31. The SMILES string of the molecule is CCCCCCCCN1C(=O)C(c2ccc(C)cc2)=C(N(CC)CCc2ccncc2)C1=O. The van der Waals surface area contributed by atoms with Gasteiger partial charge in [0.2, 0.25) is 0 Å². The lowest BCUT2D eigenvalue weighted by Crippen LogP contribution is -2.36. The van der Waals surface area contributed by atoms with Gasteiger partial charge in [-0.1, -0.05) is 68.9 Å². The Morgan fingerprint density at radius 2 is 1.52 bits per heavy atom. The number of nitrogens with zero attached hydrogens (tertiary/aromatic N) is 3. The predicted octanol–water partition coefficient (Wildman–Crippen LogP) is 5.40. The van der Waals surface area contributed by atoms with Gasteiger partial charge in [-0.3, -0.25) is 19.5 Å². The van der Waals surface area contributed by atoms with E-state index in [9.17, 15) is 9.59 Å². The summed E-state index contributed by atoms with van der Waals surface area (Å²) in [6, 6.07) is 11.9. The molecule has 0 aliphatic carbocycles. The number of pyridine rings is 1. The highest BCUT2D eigenvalue weighted by molar-refractivity contribution is 6.35. The van der Waals surface area contributed by atoms with E-state index >= 15 is 0 Å². The molecule has 176 valence electrons. The number of likely N-dealkylation sites (N-methyl/N-ethyl adjacent to an activating group) is 1. The Balaban J connectivity index is 1.81. The van der Waals surface area contributed by atoms with Gasteiger partial charge in [-0.25, -0.2) is 0 Å². The predicted molar refractivity (Wildman–Crippen MR) is 133 cm³/mol. The van der Waals surface area contributed by atoms with Crippen molar-refractivity contribution in [2.45, 2.75) is 65.7 Å². The fourth-order valence-corrected chi connectivity index (χ4v) is 4.33. The minimum atomic E-state index is -0.158. The number of imide groups is 1. The van der Waals surface area contributed by atoms with E-state index in [1.54, 1.807) is 12.4 Å². The molecule has 5 nitrogen and oxygen atoms in total. The summed E-state index contributed by atoms with van der Waals surface area (Å²) in [7, 11) is 0. The maximum Gasteiger partial charge on any atom is 0.277 e. The maximum absolute atomic E-state index is 13.5. The third-order valence-electron chi connectivity index (χ3n) is 6.34. The molecular formula is C28H37N3O2. The zero-order valence-corrected chi connectivity index (χ0v) is 20.3. The molecule has 1 aliphatic rings. The average Bonchev–Trinajstić information content (AvgIpc) is 3.08. The molecule has 0 atom stereocenters. The molecule has 5 heteroatoms. The lowest BCUT2D eigenvalue weighted by molar-refractivity contribution is -0.137. The molecule has 0 N–H and O–H groups in total. The molecule has 33 heavy (non-hydrogen) atoms. The molecule has 0 fully saturated rings. The van der Waals surface area contributed by atoms with E-state index in [4.69, 9.17) is 0 Å². The molecule has 0 unspecified atom stereocenters. The summed E-state index contributed by atoms with van der Waals surface area (Å²) < 4.78 is 0. The van der Waals surface area contributed by atoms with Crippen LogP contribution in [0.1, 0.15) is 69.1 Å². The van der Waals surface area contributed by atoms with Gasteiger partial charge in [-0.2, -0.15) is 0 Å². The van der Waals surface area contributed by atoms with Crippen LogP contribution in [0.2, 0.25) is 0 Å². The molecule has 2 aromatic rings. The monoisotopic (exact) mass is 447 g/mol. The fraction of sp³-hybridized carbons (Fsp3) is 0.464. The maximum atomic E-state index is 13.5. The van der Waals surface area contributed by atoms with Crippen LogP contribution in [0.5, 0.6) is 0 Å². The van der Waals surface area contributed by atoms with Crippen LogP contribution in [0, 0.1) is 6.92 Å². The molecule has 0 radical (unpaired) electrons. The van der Waals surface area contributed by atoms with Crippen LogP contribution < -0.4 is 0 Å². The van der Waals surface area contributed by atoms with Crippen molar-refractivity contribution in [3.8, 4) is 0 Å². The lowest BCUT2D eigenvalue weighted by Gasteiger charge is -2.25. The first-order chi connectivity index (χ1) is 16.1. The largest absolute Gasteiger partial charge is 0.366 e. The molecule has 0 saturated carbocycles. The number of aryl methyl sites for hydroxylation is 1. The first-order valence-electron chi connectivity index (χ1n) is 12.4. The second kappa shape index (κ2) is 12.3. The zero-order valence-electron chi connectivity index (χ0n) is 20.3. The molecule has 0 spiro atoms. The highest BCUT2D eigenvalue weighted by Gasteiger charge is 2.40. The van der Waals surface area contributed by atoms with Gasteiger partial charge in [0, 0.05) is 32.0 Å². The zero-order chi connectivity index (χ0) is 23.6. The molecule has 2 amide bonds. The van der Waals surface area contributed by atoms with Crippen molar-refractivity contribution in [2.24, 2.45) is 0 Å². The Kier molecular flexibility index (Phi) is 9.23. The van der Waals surface area contributed by atoms with E-state index < -0.39 is 0 Å². The van der Waals surface area contributed by atoms with Gasteiger partial charge in [0.1, 0.15) is 5.70 Å². The van der Waals surface area contributed by atoms with Gasteiger partial charge in [0.05, 0.1) is 5.57 Å². The standard InChI is InChI=1S/C28H37N3O2/c1-4-6-7-8-9-10-20-31-27(32)25(24-13-11-22(3)12-14-24)26(28(31)33)30(5-2)21-17-23-15-18-29-19-16-23/h11-16,18-19H,4-10,17,20-21H2,1-3H3. The summed E-state index contributed by atoms with van der Waals surface area (Å²) in [5.41, 5.74) is 4.21. The van der Waals surface area contributed by atoms with Crippen molar-refractivity contribution in [3.63, 3.8) is 0 Å². The Labute approximate surface area is 198 Å². The summed E-state index contributed by atoms with van der Waals surface area (Å²) in [6.45, 7) is 8.11. The van der Waals surface area contributed by atoms with E-state index in [0.717, 1.165) is 36.8 Å². The van der Waals surface area contributed by atoms with E-state index in [1.807, 2.05) is 50.2 Å². The van der Waals surface area contributed by atoms with Crippen LogP contribution in [0.25, 0.3) is 5.57 Å². The highest BCUT2D eigenvalue weighted by Crippen LogP contribution is 2.32. The number of hydrogen-bond donors (Lipinski definition) is 0. The number of aromatic nitrogens is 1. The van der Waals surface area contributed by atoms with Crippen LogP contribution in [-0.4, -0.2) is 46.2 Å². The number of hydrogen-bond acceptors (Lipinski definition) is 4. The molecule has 2 heterocycles. The summed E-state index contributed by atoms with van der Waals surface area (Å²) in [6.07, 6.45) is 11.1. The summed E-state index contributed by atoms with van der Waals surface area (Å²) in [5, 5.41) is 0. The molecule has 1 aromatic heterocycles. The highest BCUT2D eigenvalue weighted by atomic mass is 16.2. The Morgan fingerprint density at radius 3 is 2.18 bits per heavy atom. The van der Waals surface area contributed by atoms with Gasteiger partial charge < -0.3 is 4.90 Å². The number of rotatable bonds is 13. The molecule has 0 saturated heterocycles.